The predicted molar refractivity (Wildman–Crippen MR) is 93.9 cm³/mol. The number of aryl methyl sites for hydroxylation is 1. The molecule has 0 saturated heterocycles. The number of anilines is 1. The van der Waals surface area contributed by atoms with Crippen LogP contribution in [0.2, 0.25) is 0 Å². The first kappa shape index (κ1) is 19.1. The van der Waals surface area contributed by atoms with Crippen molar-refractivity contribution in [3.05, 3.63) is 23.8 Å². The molecule has 0 aliphatic rings. The van der Waals surface area contributed by atoms with Gasteiger partial charge in [0.2, 0.25) is 10.0 Å². The lowest BCUT2D eigenvalue weighted by atomic mass is 10.2. The Hall–Kier alpha value is -2.20. The van der Waals surface area contributed by atoms with E-state index < -0.39 is 21.7 Å². The summed E-state index contributed by atoms with van der Waals surface area (Å²) in [4.78, 5) is 20.6. The van der Waals surface area contributed by atoms with Crippen molar-refractivity contribution < 1.29 is 17.9 Å². The summed E-state index contributed by atoms with van der Waals surface area (Å²) in [6.07, 6.45) is 3.88. The second-order valence-corrected chi connectivity index (χ2v) is 8.92. The zero-order valence-corrected chi connectivity index (χ0v) is 16.0. The molecule has 138 valence electrons. The zero-order valence-electron chi connectivity index (χ0n) is 15.2. The first-order valence-electron chi connectivity index (χ1n) is 7.62. The predicted octanol–water partition coefficient (Wildman–Crippen LogP) is 1.78. The van der Waals surface area contributed by atoms with Gasteiger partial charge in [-0.05, 0) is 27.7 Å². The average molecular weight is 369 g/mol. The molecule has 25 heavy (non-hydrogen) atoms. The number of ether oxygens (including phenoxy) is 1. The lowest BCUT2D eigenvalue weighted by Gasteiger charge is -2.18. The van der Waals surface area contributed by atoms with Gasteiger partial charge in [0.25, 0.3) is 0 Å². The van der Waals surface area contributed by atoms with E-state index in [0.717, 1.165) is 6.26 Å². The Bertz CT molecular complexity index is 899. The normalized spacial score (nSPS) is 12.6. The Morgan fingerprint density at radius 1 is 1.32 bits per heavy atom. The highest BCUT2D eigenvalue weighted by Crippen LogP contribution is 2.17. The third-order valence-corrected chi connectivity index (χ3v) is 4.46. The molecule has 2 aromatic heterocycles. The van der Waals surface area contributed by atoms with Gasteiger partial charge >= 0.3 is 6.09 Å². The van der Waals surface area contributed by atoms with Crippen LogP contribution >= 0.6 is 0 Å². The molecule has 2 heterocycles. The highest BCUT2D eigenvalue weighted by Gasteiger charge is 2.19. The van der Waals surface area contributed by atoms with Gasteiger partial charge in [-0.2, -0.15) is 4.31 Å². The second-order valence-electron chi connectivity index (χ2n) is 6.83. The van der Waals surface area contributed by atoms with E-state index in [-0.39, 0.29) is 6.54 Å². The molecule has 0 atom stereocenters. The van der Waals surface area contributed by atoms with E-state index in [9.17, 15) is 13.2 Å². The lowest BCUT2D eigenvalue weighted by molar-refractivity contribution is 0.0635. The molecule has 0 fully saturated rings. The number of aromatic nitrogens is 3. The third kappa shape index (κ3) is 5.13. The van der Waals surface area contributed by atoms with Gasteiger partial charge in [0.05, 0.1) is 30.4 Å². The standard InChI is InChI=1S/C15H23N5O4S/c1-10-7-20-9-12(18-14(21)24-15(2,3)4)17-13(20)11(16-10)8-19(5)25(6,22)23/h7,9H,8H2,1-6H3,(H,18,21). The van der Waals surface area contributed by atoms with Crippen molar-refractivity contribution in [3.8, 4) is 0 Å². The Morgan fingerprint density at radius 3 is 2.52 bits per heavy atom. The number of nitrogens with zero attached hydrogens (tertiary/aromatic N) is 4. The van der Waals surface area contributed by atoms with Gasteiger partial charge in [0.15, 0.2) is 11.5 Å². The van der Waals surface area contributed by atoms with Gasteiger partial charge in [-0.15, -0.1) is 0 Å². The van der Waals surface area contributed by atoms with Gasteiger partial charge in [0, 0.05) is 13.2 Å². The van der Waals surface area contributed by atoms with Crippen LogP contribution in [0.15, 0.2) is 12.4 Å². The fourth-order valence-corrected chi connectivity index (χ4v) is 2.46. The second kappa shape index (κ2) is 6.60. The van der Waals surface area contributed by atoms with Crippen LogP contribution in [0.4, 0.5) is 10.6 Å². The molecule has 2 rings (SSSR count). The minimum absolute atomic E-state index is 0.0763. The largest absolute Gasteiger partial charge is 0.444 e. The Morgan fingerprint density at radius 2 is 1.96 bits per heavy atom. The number of fused-ring (bicyclic) bond motifs is 1. The number of imidazole rings is 1. The van der Waals surface area contributed by atoms with E-state index in [1.165, 1.54) is 11.4 Å². The zero-order chi connectivity index (χ0) is 19.0. The Balaban J connectivity index is 2.33. The minimum Gasteiger partial charge on any atom is -0.444 e. The molecule has 9 nitrogen and oxygen atoms in total. The minimum atomic E-state index is -3.35. The summed E-state index contributed by atoms with van der Waals surface area (Å²) in [7, 11) is -1.88. The quantitative estimate of drug-likeness (QED) is 0.880. The molecular weight excluding hydrogens is 346 g/mol. The number of carbonyl (C=O) groups excluding carboxylic acids is 1. The summed E-state index contributed by atoms with van der Waals surface area (Å²) < 4.78 is 31.4. The Kier molecular flexibility index (Phi) is 5.05. The summed E-state index contributed by atoms with van der Waals surface area (Å²) in [5.74, 6) is 0.296. The van der Waals surface area contributed by atoms with E-state index in [1.807, 2.05) is 0 Å². The molecule has 0 saturated carbocycles. The summed E-state index contributed by atoms with van der Waals surface area (Å²) in [6, 6.07) is 0. The van der Waals surface area contributed by atoms with Crippen molar-refractivity contribution in [3.63, 3.8) is 0 Å². The average Bonchev–Trinajstić information content (AvgIpc) is 2.77. The van der Waals surface area contributed by atoms with Crippen molar-refractivity contribution in [2.75, 3.05) is 18.6 Å². The number of rotatable bonds is 4. The van der Waals surface area contributed by atoms with Crippen LogP contribution in [0, 0.1) is 6.92 Å². The van der Waals surface area contributed by atoms with Crippen LogP contribution in [0.1, 0.15) is 32.2 Å². The summed E-state index contributed by atoms with van der Waals surface area (Å²) in [5.41, 5.74) is 1.04. The molecule has 1 amide bonds. The maximum absolute atomic E-state index is 11.9. The fraction of sp³-hybridized carbons (Fsp3) is 0.533. The van der Waals surface area contributed by atoms with Gasteiger partial charge in [-0.25, -0.2) is 18.2 Å². The number of sulfonamides is 1. The van der Waals surface area contributed by atoms with Crippen molar-refractivity contribution in [1.82, 2.24) is 18.7 Å². The number of nitrogens with one attached hydrogen (secondary N) is 1. The van der Waals surface area contributed by atoms with Gasteiger partial charge < -0.3 is 9.14 Å². The van der Waals surface area contributed by atoms with Gasteiger partial charge in [0.1, 0.15) is 5.60 Å². The van der Waals surface area contributed by atoms with Crippen molar-refractivity contribution in [2.45, 2.75) is 39.8 Å². The van der Waals surface area contributed by atoms with Crippen LogP contribution in [0.5, 0.6) is 0 Å². The van der Waals surface area contributed by atoms with E-state index in [1.54, 1.807) is 44.5 Å². The molecular formula is C15H23N5O4S. The van der Waals surface area contributed by atoms with Gasteiger partial charge in [-0.1, -0.05) is 0 Å². The van der Waals surface area contributed by atoms with Crippen LogP contribution in [0.3, 0.4) is 0 Å². The van der Waals surface area contributed by atoms with Crippen molar-refractivity contribution in [2.24, 2.45) is 0 Å². The van der Waals surface area contributed by atoms with Crippen molar-refractivity contribution in [1.29, 1.82) is 0 Å². The van der Waals surface area contributed by atoms with E-state index >= 15 is 0 Å². The number of carbonyl (C=O) groups is 1. The van der Waals surface area contributed by atoms with Gasteiger partial charge in [-0.3, -0.25) is 10.3 Å². The van der Waals surface area contributed by atoms with Crippen LogP contribution in [-0.4, -0.2) is 52.1 Å². The molecule has 0 aromatic carbocycles. The fourth-order valence-electron chi connectivity index (χ4n) is 2.10. The smallest absolute Gasteiger partial charge is 0.413 e. The van der Waals surface area contributed by atoms with E-state index in [4.69, 9.17) is 4.74 Å². The molecule has 2 aromatic rings. The molecule has 0 unspecified atom stereocenters. The third-order valence-electron chi connectivity index (χ3n) is 3.20. The summed E-state index contributed by atoms with van der Waals surface area (Å²) >= 11 is 0. The monoisotopic (exact) mass is 369 g/mol. The SMILES string of the molecule is Cc1cn2cc(NC(=O)OC(C)(C)C)nc2c(CN(C)S(C)(=O)=O)n1. The maximum Gasteiger partial charge on any atom is 0.413 e. The topological polar surface area (TPSA) is 106 Å². The van der Waals surface area contributed by atoms with E-state index in [2.05, 4.69) is 15.3 Å². The first-order valence-corrected chi connectivity index (χ1v) is 9.46. The molecule has 10 heteroatoms. The highest BCUT2D eigenvalue weighted by atomic mass is 32.2. The lowest BCUT2D eigenvalue weighted by Crippen LogP contribution is -2.27. The first-order chi connectivity index (χ1) is 11.3. The highest BCUT2D eigenvalue weighted by molar-refractivity contribution is 7.88. The number of hydrogen-bond acceptors (Lipinski definition) is 6. The molecule has 0 aliphatic carbocycles. The van der Waals surface area contributed by atoms with Crippen LogP contribution < -0.4 is 5.32 Å². The molecule has 0 radical (unpaired) electrons. The van der Waals surface area contributed by atoms with Crippen molar-refractivity contribution >= 4 is 27.6 Å². The van der Waals surface area contributed by atoms with Crippen LogP contribution in [-0.2, 0) is 21.3 Å². The summed E-state index contributed by atoms with van der Waals surface area (Å²) in [6.45, 7) is 7.17. The van der Waals surface area contributed by atoms with E-state index in [0.29, 0.717) is 22.9 Å². The molecule has 0 bridgehead atoms. The Labute approximate surface area is 147 Å². The summed E-state index contributed by atoms with van der Waals surface area (Å²) in [5, 5.41) is 2.57. The molecule has 1 N–H and O–H groups in total. The maximum atomic E-state index is 11.9. The number of amides is 1. The molecule has 0 aliphatic heterocycles. The number of hydrogen-bond donors (Lipinski definition) is 1. The molecule has 0 spiro atoms. The van der Waals surface area contributed by atoms with Crippen LogP contribution in [0.25, 0.3) is 5.65 Å².